The van der Waals surface area contributed by atoms with Gasteiger partial charge in [-0.1, -0.05) is 0 Å². The van der Waals surface area contributed by atoms with Crippen LogP contribution in [0.4, 0.5) is 5.69 Å². The normalized spacial score (nSPS) is 12.0. The van der Waals surface area contributed by atoms with Crippen LogP contribution in [-0.4, -0.2) is 25.2 Å². The van der Waals surface area contributed by atoms with Crippen LogP contribution in [0.5, 0.6) is 11.5 Å². The molecular formula is C14H12N2O5. The number of carbonyl (C=O) groups is 2. The van der Waals surface area contributed by atoms with E-state index in [1.54, 1.807) is 24.3 Å². The van der Waals surface area contributed by atoms with Gasteiger partial charge in [0.1, 0.15) is 0 Å². The average Bonchev–Trinajstić information content (AvgIpc) is 3.15. The molecule has 0 unspecified atom stereocenters. The number of carbonyl (C=O) groups excluding carboxylic acids is 2. The molecular weight excluding hydrogens is 276 g/mol. The van der Waals surface area contributed by atoms with E-state index in [2.05, 4.69) is 10.6 Å². The molecule has 0 bridgehead atoms. The van der Waals surface area contributed by atoms with Gasteiger partial charge in [0.15, 0.2) is 17.3 Å². The van der Waals surface area contributed by atoms with Gasteiger partial charge in [0.25, 0.3) is 5.91 Å². The Morgan fingerprint density at radius 2 is 2.00 bits per heavy atom. The third-order valence-corrected chi connectivity index (χ3v) is 2.81. The Morgan fingerprint density at radius 1 is 1.14 bits per heavy atom. The molecule has 0 fully saturated rings. The minimum Gasteiger partial charge on any atom is -0.459 e. The lowest BCUT2D eigenvalue weighted by Gasteiger charge is -2.06. The van der Waals surface area contributed by atoms with Gasteiger partial charge < -0.3 is 24.5 Å². The predicted molar refractivity (Wildman–Crippen MR) is 72.2 cm³/mol. The van der Waals surface area contributed by atoms with Crippen molar-refractivity contribution in [2.24, 2.45) is 0 Å². The number of furan rings is 1. The molecule has 7 heteroatoms. The van der Waals surface area contributed by atoms with Crippen LogP contribution < -0.4 is 20.1 Å². The highest BCUT2D eigenvalue weighted by Crippen LogP contribution is 2.34. The van der Waals surface area contributed by atoms with Crippen molar-refractivity contribution in [2.75, 3.05) is 18.7 Å². The van der Waals surface area contributed by atoms with E-state index in [0.717, 1.165) is 0 Å². The maximum absolute atomic E-state index is 11.8. The van der Waals surface area contributed by atoms with E-state index in [-0.39, 0.29) is 25.0 Å². The van der Waals surface area contributed by atoms with Gasteiger partial charge in [-0.2, -0.15) is 0 Å². The van der Waals surface area contributed by atoms with Gasteiger partial charge in [0, 0.05) is 11.8 Å². The fourth-order valence-corrected chi connectivity index (χ4v) is 1.83. The van der Waals surface area contributed by atoms with Crippen molar-refractivity contribution in [3.63, 3.8) is 0 Å². The molecule has 1 aromatic carbocycles. The molecule has 1 aliphatic heterocycles. The van der Waals surface area contributed by atoms with Crippen molar-refractivity contribution in [1.82, 2.24) is 5.32 Å². The Kier molecular flexibility index (Phi) is 3.46. The molecule has 0 spiro atoms. The van der Waals surface area contributed by atoms with Crippen LogP contribution in [0.1, 0.15) is 10.6 Å². The fourth-order valence-electron chi connectivity index (χ4n) is 1.83. The summed E-state index contributed by atoms with van der Waals surface area (Å²) in [5, 5.41) is 5.11. The van der Waals surface area contributed by atoms with Crippen LogP contribution >= 0.6 is 0 Å². The lowest BCUT2D eigenvalue weighted by Crippen LogP contribution is -2.32. The second-order valence-corrected chi connectivity index (χ2v) is 4.28. The fraction of sp³-hybridized carbons (Fsp3) is 0.143. The van der Waals surface area contributed by atoms with Crippen molar-refractivity contribution >= 4 is 17.5 Å². The number of amides is 2. The van der Waals surface area contributed by atoms with E-state index in [1.807, 2.05) is 0 Å². The number of ether oxygens (including phenoxy) is 2. The molecule has 108 valence electrons. The van der Waals surface area contributed by atoms with Gasteiger partial charge in [0.2, 0.25) is 12.7 Å². The monoisotopic (exact) mass is 288 g/mol. The zero-order valence-electron chi connectivity index (χ0n) is 10.9. The molecule has 0 saturated heterocycles. The quantitative estimate of drug-likeness (QED) is 0.887. The Balaban J connectivity index is 1.53. The van der Waals surface area contributed by atoms with Gasteiger partial charge in [-0.15, -0.1) is 0 Å². The third-order valence-electron chi connectivity index (χ3n) is 2.81. The summed E-state index contributed by atoms with van der Waals surface area (Å²) in [5.41, 5.74) is 0.566. The van der Waals surface area contributed by atoms with Gasteiger partial charge in [0.05, 0.1) is 12.8 Å². The van der Waals surface area contributed by atoms with E-state index in [4.69, 9.17) is 13.9 Å². The van der Waals surface area contributed by atoms with E-state index < -0.39 is 5.91 Å². The van der Waals surface area contributed by atoms with Crippen LogP contribution in [-0.2, 0) is 4.79 Å². The molecule has 0 aliphatic carbocycles. The molecule has 0 saturated carbocycles. The average molecular weight is 288 g/mol. The second-order valence-electron chi connectivity index (χ2n) is 4.28. The van der Waals surface area contributed by atoms with Crippen LogP contribution in [0.25, 0.3) is 0 Å². The molecule has 1 aliphatic rings. The number of hydrogen-bond donors (Lipinski definition) is 2. The molecule has 0 radical (unpaired) electrons. The minimum atomic E-state index is -0.444. The maximum Gasteiger partial charge on any atom is 0.287 e. The number of rotatable bonds is 4. The molecule has 3 rings (SSSR count). The van der Waals surface area contributed by atoms with Crippen molar-refractivity contribution < 1.29 is 23.5 Å². The zero-order chi connectivity index (χ0) is 14.7. The van der Waals surface area contributed by atoms with Gasteiger partial charge in [-0.05, 0) is 24.3 Å². The molecule has 2 aromatic rings. The molecule has 2 amide bonds. The van der Waals surface area contributed by atoms with Crippen LogP contribution in [0, 0.1) is 0 Å². The van der Waals surface area contributed by atoms with E-state index in [9.17, 15) is 9.59 Å². The summed E-state index contributed by atoms with van der Waals surface area (Å²) in [5.74, 6) is 0.576. The first kappa shape index (κ1) is 13.0. The standard InChI is InChI=1S/C14H12N2O5/c17-13(7-15-14(18)11-2-1-5-19-11)16-9-3-4-10-12(6-9)21-8-20-10/h1-6H,7-8H2,(H,15,18)(H,16,17). The molecule has 2 N–H and O–H groups in total. The summed E-state index contributed by atoms with van der Waals surface area (Å²) >= 11 is 0. The molecule has 0 atom stereocenters. The molecule has 21 heavy (non-hydrogen) atoms. The zero-order valence-corrected chi connectivity index (χ0v) is 10.9. The highest BCUT2D eigenvalue weighted by molar-refractivity contribution is 5.98. The Morgan fingerprint density at radius 3 is 2.81 bits per heavy atom. The Hall–Kier alpha value is -2.96. The smallest absolute Gasteiger partial charge is 0.287 e. The highest BCUT2D eigenvalue weighted by atomic mass is 16.7. The highest BCUT2D eigenvalue weighted by Gasteiger charge is 2.15. The first-order valence-electron chi connectivity index (χ1n) is 6.23. The van der Waals surface area contributed by atoms with Crippen molar-refractivity contribution in [2.45, 2.75) is 0 Å². The number of benzene rings is 1. The van der Waals surface area contributed by atoms with Crippen LogP contribution in [0.3, 0.4) is 0 Å². The van der Waals surface area contributed by atoms with Crippen LogP contribution in [0.2, 0.25) is 0 Å². The van der Waals surface area contributed by atoms with Crippen molar-refractivity contribution in [1.29, 1.82) is 0 Å². The number of anilines is 1. The summed E-state index contributed by atoms with van der Waals surface area (Å²) in [7, 11) is 0. The minimum absolute atomic E-state index is 0.158. The molecule has 7 nitrogen and oxygen atoms in total. The summed E-state index contributed by atoms with van der Waals surface area (Å²) < 4.78 is 15.3. The number of hydrogen-bond acceptors (Lipinski definition) is 5. The number of fused-ring (bicyclic) bond motifs is 1. The van der Waals surface area contributed by atoms with Crippen molar-refractivity contribution in [3.8, 4) is 11.5 Å². The second kappa shape index (κ2) is 5.58. The third kappa shape index (κ3) is 2.97. The summed E-state index contributed by atoms with van der Waals surface area (Å²) in [4.78, 5) is 23.4. The maximum atomic E-state index is 11.8. The Labute approximate surface area is 119 Å². The Bertz CT molecular complexity index is 666. The topological polar surface area (TPSA) is 89.8 Å². The lowest BCUT2D eigenvalue weighted by molar-refractivity contribution is -0.115. The van der Waals surface area contributed by atoms with E-state index >= 15 is 0 Å². The first-order valence-corrected chi connectivity index (χ1v) is 6.23. The first-order chi connectivity index (χ1) is 10.2. The SMILES string of the molecule is O=C(CNC(=O)c1ccco1)Nc1ccc2c(c1)OCO2. The van der Waals surface area contributed by atoms with E-state index in [1.165, 1.54) is 12.3 Å². The van der Waals surface area contributed by atoms with E-state index in [0.29, 0.717) is 17.2 Å². The largest absolute Gasteiger partial charge is 0.459 e. The van der Waals surface area contributed by atoms with Crippen LogP contribution in [0.15, 0.2) is 41.0 Å². The summed E-state index contributed by atoms with van der Waals surface area (Å²) in [6.45, 7) is 0.0138. The van der Waals surface area contributed by atoms with Gasteiger partial charge in [-0.25, -0.2) is 0 Å². The molecule has 2 heterocycles. The predicted octanol–water partition coefficient (Wildman–Crippen LogP) is 1.38. The summed E-state index contributed by atoms with van der Waals surface area (Å²) in [6.07, 6.45) is 1.39. The number of nitrogens with one attached hydrogen (secondary N) is 2. The van der Waals surface area contributed by atoms with Gasteiger partial charge >= 0.3 is 0 Å². The van der Waals surface area contributed by atoms with Gasteiger partial charge in [-0.3, -0.25) is 9.59 Å². The summed E-state index contributed by atoms with van der Waals surface area (Å²) in [6, 6.07) is 8.18. The molecule has 1 aromatic heterocycles. The van der Waals surface area contributed by atoms with Crippen molar-refractivity contribution in [3.05, 3.63) is 42.4 Å². The lowest BCUT2D eigenvalue weighted by atomic mass is 10.3.